The van der Waals surface area contributed by atoms with E-state index in [1.165, 1.54) is 0 Å². The van der Waals surface area contributed by atoms with Gasteiger partial charge >= 0.3 is 0 Å². The highest BCUT2D eigenvalue weighted by Gasteiger charge is 2.12. The Morgan fingerprint density at radius 3 is 3.06 bits per heavy atom. The predicted octanol–water partition coefficient (Wildman–Crippen LogP) is 3.59. The number of aliphatic imine (C=N–C) groups is 1. The molecule has 0 radical (unpaired) electrons. The number of hydrogen-bond donors (Lipinski definition) is 0. The topological polar surface area (TPSA) is 38.1 Å². The Morgan fingerprint density at radius 2 is 2.24 bits per heavy atom. The highest BCUT2D eigenvalue weighted by molar-refractivity contribution is 9.10. The monoisotopic (exact) mass is 325 g/mol. The van der Waals surface area contributed by atoms with Gasteiger partial charge in [-0.05, 0) is 30.0 Å². The van der Waals surface area contributed by atoms with Gasteiger partial charge in [-0.15, -0.1) is 0 Å². The molecule has 2 heterocycles. The first-order valence-electron chi connectivity index (χ1n) is 5.08. The minimum atomic E-state index is 0.916. The van der Waals surface area contributed by atoms with Crippen molar-refractivity contribution in [3.05, 3.63) is 29.0 Å². The Labute approximate surface area is 116 Å². The Bertz CT molecular complexity index is 600. The van der Waals surface area contributed by atoms with Crippen LogP contribution < -0.4 is 0 Å². The molecule has 0 fully saturated rings. The summed E-state index contributed by atoms with van der Waals surface area (Å²) in [6, 6.07) is 6.04. The molecule has 0 N–H and O–H groups in total. The molecule has 0 saturated carbocycles. The van der Waals surface area contributed by atoms with Gasteiger partial charge in [0.1, 0.15) is 15.7 Å². The van der Waals surface area contributed by atoms with Gasteiger partial charge in [0.25, 0.3) is 0 Å². The summed E-state index contributed by atoms with van der Waals surface area (Å²) in [6.45, 7) is 0.916. The molecule has 2 aromatic rings. The number of nitrogens with zero attached hydrogens (tertiary/aromatic N) is 3. The number of fused-ring (bicyclic) bond motifs is 1. The maximum atomic E-state index is 4.43. The summed E-state index contributed by atoms with van der Waals surface area (Å²) >= 11 is 6.90. The van der Waals surface area contributed by atoms with Crippen LogP contribution in [0.2, 0.25) is 0 Å². The highest BCUT2D eigenvalue weighted by atomic mass is 79.9. The zero-order valence-corrected chi connectivity index (χ0v) is 12.0. The summed E-state index contributed by atoms with van der Waals surface area (Å²) < 4.78 is 2.15. The fourth-order valence-corrected chi connectivity index (χ4v) is 3.86. The lowest BCUT2D eigenvalue weighted by Gasteiger charge is -2.04. The summed E-state index contributed by atoms with van der Waals surface area (Å²) in [5.74, 6) is 1.08. The Balaban J connectivity index is 2.05. The van der Waals surface area contributed by atoms with Crippen molar-refractivity contribution in [2.24, 2.45) is 4.99 Å². The first kappa shape index (κ1) is 11.5. The molecule has 3 rings (SSSR count). The van der Waals surface area contributed by atoms with Crippen molar-refractivity contribution in [1.82, 2.24) is 9.97 Å². The van der Waals surface area contributed by atoms with E-state index >= 15 is 0 Å². The van der Waals surface area contributed by atoms with Crippen molar-refractivity contribution in [1.29, 1.82) is 0 Å². The third-order valence-electron chi connectivity index (χ3n) is 2.30. The van der Waals surface area contributed by atoms with Crippen LogP contribution in [-0.2, 0) is 0 Å². The van der Waals surface area contributed by atoms with Crippen LogP contribution in [0.4, 0.5) is 0 Å². The molecule has 0 spiro atoms. The van der Waals surface area contributed by atoms with Gasteiger partial charge in [0, 0.05) is 15.6 Å². The number of halogens is 1. The molecule has 0 aliphatic carbocycles. The SMILES string of the molecule is Brc1ccc2ncnc(SC3=NCCS3)c2c1. The van der Waals surface area contributed by atoms with Crippen molar-refractivity contribution < 1.29 is 0 Å². The Kier molecular flexibility index (Phi) is 3.35. The van der Waals surface area contributed by atoms with E-state index in [0.29, 0.717) is 0 Å². The van der Waals surface area contributed by atoms with Gasteiger partial charge in [-0.2, -0.15) is 0 Å². The second-order valence-electron chi connectivity index (χ2n) is 3.44. The van der Waals surface area contributed by atoms with Crippen molar-refractivity contribution in [2.75, 3.05) is 12.3 Å². The Hall–Kier alpha value is -0.590. The normalized spacial score (nSPS) is 15.2. The van der Waals surface area contributed by atoms with E-state index in [4.69, 9.17) is 0 Å². The summed E-state index contributed by atoms with van der Waals surface area (Å²) in [5.41, 5.74) is 0.967. The van der Waals surface area contributed by atoms with Gasteiger partial charge in [-0.3, -0.25) is 4.99 Å². The quantitative estimate of drug-likeness (QED) is 0.751. The van der Waals surface area contributed by atoms with Crippen LogP contribution in [0.5, 0.6) is 0 Å². The number of hydrogen-bond acceptors (Lipinski definition) is 5. The molecule has 1 aromatic heterocycles. The van der Waals surface area contributed by atoms with Crippen molar-refractivity contribution >= 4 is 54.7 Å². The largest absolute Gasteiger partial charge is 0.271 e. The summed E-state index contributed by atoms with van der Waals surface area (Å²) in [5, 5.41) is 2.05. The Morgan fingerprint density at radius 1 is 1.29 bits per heavy atom. The second-order valence-corrected chi connectivity index (χ2v) is 6.67. The molecule has 0 bridgehead atoms. The van der Waals surface area contributed by atoms with Crippen molar-refractivity contribution in [2.45, 2.75) is 5.03 Å². The number of rotatable bonds is 1. The van der Waals surface area contributed by atoms with Gasteiger partial charge in [-0.1, -0.05) is 27.7 Å². The number of aromatic nitrogens is 2. The van der Waals surface area contributed by atoms with E-state index < -0.39 is 0 Å². The fourth-order valence-electron chi connectivity index (χ4n) is 1.55. The average Bonchev–Trinajstić information content (AvgIpc) is 2.83. The lowest BCUT2D eigenvalue weighted by atomic mass is 10.2. The first-order valence-corrected chi connectivity index (χ1v) is 7.68. The van der Waals surface area contributed by atoms with Crippen LogP contribution in [0, 0.1) is 0 Å². The standard InChI is InChI=1S/C11H8BrN3S2/c12-7-1-2-9-8(5-7)10(15-6-14-9)17-11-13-3-4-16-11/h1-2,5-6H,3-4H2. The minimum Gasteiger partial charge on any atom is -0.271 e. The van der Waals surface area contributed by atoms with Gasteiger partial charge < -0.3 is 0 Å². The van der Waals surface area contributed by atoms with Gasteiger partial charge in [-0.25, -0.2) is 9.97 Å². The number of thioether (sulfide) groups is 2. The predicted molar refractivity (Wildman–Crippen MR) is 77.9 cm³/mol. The molecule has 1 aliphatic heterocycles. The molecule has 0 amide bonds. The third-order valence-corrected chi connectivity index (χ3v) is 4.98. The molecular formula is C11H8BrN3S2. The van der Waals surface area contributed by atoms with Gasteiger partial charge in [0.05, 0.1) is 12.1 Å². The van der Waals surface area contributed by atoms with Crippen LogP contribution in [0.25, 0.3) is 10.9 Å². The van der Waals surface area contributed by atoms with E-state index in [2.05, 4.69) is 37.0 Å². The van der Waals surface area contributed by atoms with Crippen molar-refractivity contribution in [3.63, 3.8) is 0 Å². The lowest BCUT2D eigenvalue weighted by Crippen LogP contribution is -1.89. The smallest absolute Gasteiger partial charge is 0.131 e. The van der Waals surface area contributed by atoms with Gasteiger partial charge in [0.15, 0.2) is 0 Å². The minimum absolute atomic E-state index is 0.916. The van der Waals surface area contributed by atoms with Crippen molar-refractivity contribution in [3.8, 4) is 0 Å². The molecule has 86 valence electrons. The maximum Gasteiger partial charge on any atom is 0.131 e. The molecule has 0 saturated heterocycles. The fraction of sp³-hybridized carbons (Fsp3) is 0.182. The maximum absolute atomic E-state index is 4.43. The third kappa shape index (κ3) is 2.48. The van der Waals surface area contributed by atoms with Gasteiger partial charge in [0.2, 0.25) is 0 Å². The van der Waals surface area contributed by atoms with E-state index in [1.54, 1.807) is 29.9 Å². The van der Waals surface area contributed by atoms with E-state index in [9.17, 15) is 0 Å². The number of benzene rings is 1. The highest BCUT2D eigenvalue weighted by Crippen LogP contribution is 2.32. The lowest BCUT2D eigenvalue weighted by molar-refractivity contribution is 1.10. The van der Waals surface area contributed by atoms with E-state index in [1.807, 2.05) is 12.1 Å². The molecule has 17 heavy (non-hydrogen) atoms. The van der Waals surface area contributed by atoms with Crippen LogP contribution in [0.15, 0.2) is 39.0 Å². The molecule has 3 nitrogen and oxygen atoms in total. The van der Waals surface area contributed by atoms with Crippen LogP contribution in [0.3, 0.4) is 0 Å². The summed E-state index contributed by atoms with van der Waals surface area (Å²) in [6.07, 6.45) is 1.61. The molecule has 1 aromatic carbocycles. The average molecular weight is 326 g/mol. The van der Waals surface area contributed by atoms with Crippen LogP contribution in [-0.4, -0.2) is 26.6 Å². The first-order chi connectivity index (χ1) is 8.33. The second kappa shape index (κ2) is 4.96. The van der Waals surface area contributed by atoms with Crippen LogP contribution >= 0.6 is 39.5 Å². The van der Waals surface area contributed by atoms with E-state index in [0.717, 1.165) is 37.1 Å². The zero-order chi connectivity index (χ0) is 11.7. The molecular weight excluding hydrogens is 318 g/mol. The van der Waals surface area contributed by atoms with E-state index in [-0.39, 0.29) is 0 Å². The molecule has 0 unspecified atom stereocenters. The van der Waals surface area contributed by atoms with Crippen LogP contribution in [0.1, 0.15) is 0 Å². The molecule has 6 heteroatoms. The molecule has 0 atom stereocenters. The molecule has 1 aliphatic rings. The summed E-state index contributed by atoms with van der Waals surface area (Å²) in [4.78, 5) is 13.0. The zero-order valence-electron chi connectivity index (χ0n) is 8.76. The summed E-state index contributed by atoms with van der Waals surface area (Å²) in [7, 11) is 0.